The van der Waals surface area contributed by atoms with Crippen LogP contribution in [-0.4, -0.2) is 8.32 Å². The van der Waals surface area contributed by atoms with E-state index in [0.717, 1.165) is 15.8 Å². The Morgan fingerprint density at radius 2 is 1.88 bits per heavy atom. The molecule has 0 saturated heterocycles. The summed E-state index contributed by atoms with van der Waals surface area (Å²) in [6.45, 7) is 11.2. The van der Waals surface area contributed by atoms with Crippen molar-refractivity contribution in [3.8, 4) is 5.75 Å². The molecule has 1 aromatic carbocycles. The third-order valence-electron chi connectivity index (χ3n) is 3.32. The smallest absolute Gasteiger partial charge is 0.250 e. The first-order chi connectivity index (χ1) is 7.67. The Hall–Kier alpha value is 0.00688. The summed E-state index contributed by atoms with van der Waals surface area (Å²) in [5.41, 5.74) is 1.10. The predicted molar refractivity (Wildman–Crippen MR) is 81.5 cm³/mol. The molecule has 0 saturated carbocycles. The van der Waals surface area contributed by atoms with E-state index in [-0.39, 0.29) is 5.04 Å². The minimum Gasteiger partial charge on any atom is -0.543 e. The summed E-state index contributed by atoms with van der Waals surface area (Å²) in [7, 11) is -1.77. The molecular weight excluding hydrogens is 316 g/mol. The summed E-state index contributed by atoms with van der Waals surface area (Å²) in [5.74, 6) is 1.45. The summed E-state index contributed by atoms with van der Waals surface area (Å²) >= 11 is 9.35. The molecule has 0 spiro atoms. The van der Waals surface area contributed by atoms with Gasteiger partial charge in [-0.3, -0.25) is 0 Å². The molecule has 96 valence electrons. The van der Waals surface area contributed by atoms with Crippen LogP contribution < -0.4 is 4.43 Å². The lowest BCUT2D eigenvalue weighted by atomic mass is 10.2. The molecule has 17 heavy (non-hydrogen) atoms. The van der Waals surface area contributed by atoms with E-state index < -0.39 is 8.32 Å². The second-order valence-electron chi connectivity index (χ2n) is 5.76. The van der Waals surface area contributed by atoms with E-state index in [1.165, 1.54) is 0 Å². The van der Waals surface area contributed by atoms with Gasteiger partial charge in [0.1, 0.15) is 5.75 Å². The van der Waals surface area contributed by atoms with Crippen molar-refractivity contribution in [2.24, 2.45) is 0 Å². The van der Waals surface area contributed by atoms with Gasteiger partial charge >= 0.3 is 0 Å². The van der Waals surface area contributed by atoms with Gasteiger partial charge in [0.05, 0.1) is 4.47 Å². The van der Waals surface area contributed by atoms with Crippen molar-refractivity contribution in [3.63, 3.8) is 0 Å². The molecule has 0 aliphatic rings. The lowest BCUT2D eigenvalue weighted by Gasteiger charge is -2.36. The second-order valence-corrected chi connectivity index (χ2v) is 11.6. The number of hydrogen-bond acceptors (Lipinski definition) is 1. The fourth-order valence-corrected chi connectivity index (χ4v) is 2.99. The van der Waals surface area contributed by atoms with E-state index in [9.17, 15) is 0 Å². The summed E-state index contributed by atoms with van der Waals surface area (Å²) in [4.78, 5) is 0. The van der Waals surface area contributed by atoms with E-state index in [2.05, 4.69) is 49.8 Å². The maximum absolute atomic E-state index is 6.25. The van der Waals surface area contributed by atoms with Gasteiger partial charge in [0.2, 0.25) is 0 Å². The van der Waals surface area contributed by atoms with E-state index in [1.807, 2.05) is 18.2 Å². The molecule has 0 bridgehead atoms. The Morgan fingerprint density at radius 3 is 2.29 bits per heavy atom. The van der Waals surface area contributed by atoms with Crippen molar-refractivity contribution in [2.75, 3.05) is 0 Å². The predicted octanol–water partition coefficient (Wildman–Crippen LogP) is 5.57. The Morgan fingerprint density at radius 1 is 1.29 bits per heavy atom. The number of halogens is 2. The van der Waals surface area contributed by atoms with Crippen molar-refractivity contribution >= 4 is 35.8 Å². The average molecular weight is 336 g/mol. The highest BCUT2D eigenvalue weighted by molar-refractivity contribution is 9.10. The zero-order valence-corrected chi connectivity index (χ0v) is 14.4. The zero-order chi connectivity index (χ0) is 13.3. The highest BCUT2D eigenvalue weighted by atomic mass is 79.9. The minimum atomic E-state index is -1.77. The van der Waals surface area contributed by atoms with Crippen molar-refractivity contribution < 1.29 is 4.43 Å². The van der Waals surface area contributed by atoms with Crippen LogP contribution in [0.25, 0.3) is 0 Å². The summed E-state index contributed by atoms with van der Waals surface area (Å²) in [6.07, 6.45) is 0. The quantitative estimate of drug-likeness (QED) is 0.518. The number of benzene rings is 1. The van der Waals surface area contributed by atoms with Crippen LogP contribution in [0.4, 0.5) is 0 Å². The largest absolute Gasteiger partial charge is 0.543 e. The van der Waals surface area contributed by atoms with E-state index in [1.54, 1.807) is 0 Å². The molecule has 0 atom stereocenters. The second kappa shape index (κ2) is 5.33. The van der Waals surface area contributed by atoms with Crippen LogP contribution in [0.2, 0.25) is 18.1 Å². The molecule has 1 nitrogen and oxygen atoms in total. The molecule has 0 N–H and O–H groups in total. The lowest BCUT2D eigenvalue weighted by molar-refractivity contribution is 0.489. The van der Waals surface area contributed by atoms with Gasteiger partial charge in [-0.05, 0) is 51.8 Å². The van der Waals surface area contributed by atoms with Gasteiger partial charge in [-0.1, -0.05) is 26.8 Å². The van der Waals surface area contributed by atoms with Crippen LogP contribution in [0.3, 0.4) is 0 Å². The summed E-state index contributed by atoms with van der Waals surface area (Å²) < 4.78 is 7.23. The van der Waals surface area contributed by atoms with Crippen LogP contribution >= 0.6 is 27.5 Å². The summed E-state index contributed by atoms with van der Waals surface area (Å²) in [6, 6.07) is 6.04. The van der Waals surface area contributed by atoms with E-state index in [0.29, 0.717) is 5.88 Å². The molecule has 0 unspecified atom stereocenters. The molecule has 0 heterocycles. The molecule has 0 radical (unpaired) electrons. The topological polar surface area (TPSA) is 9.23 Å². The van der Waals surface area contributed by atoms with E-state index >= 15 is 0 Å². The molecular formula is C13H20BrClOSi. The van der Waals surface area contributed by atoms with Gasteiger partial charge in [-0.15, -0.1) is 11.6 Å². The van der Waals surface area contributed by atoms with Crippen molar-refractivity contribution in [1.29, 1.82) is 0 Å². The van der Waals surface area contributed by atoms with Gasteiger partial charge in [0.25, 0.3) is 8.32 Å². The first kappa shape index (κ1) is 15.1. The van der Waals surface area contributed by atoms with Gasteiger partial charge < -0.3 is 4.43 Å². The third-order valence-corrected chi connectivity index (χ3v) is 8.59. The Balaban J connectivity index is 2.96. The van der Waals surface area contributed by atoms with Crippen molar-refractivity contribution in [2.45, 2.75) is 44.8 Å². The van der Waals surface area contributed by atoms with Gasteiger partial charge in [0.15, 0.2) is 0 Å². The highest BCUT2D eigenvalue weighted by Gasteiger charge is 2.39. The molecule has 1 rings (SSSR count). The van der Waals surface area contributed by atoms with Gasteiger partial charge in [0, 0.05) is 5.88 Å². The lowest BCUT2D eigenvalue weighted by Crippen LogP contribution is -2.43. The Kier molecular flexibility index (Phi) is 4.72. The van der Waals surface area contributed by atoms with Gasteiger partial charge in [-0.2, -0.15) is 0 Å². The maximum atomic E-state index is 6.25. The van der Waals surface area contributed by atoms with Crippen LogP contribution in [0, 0.1) is 0 Å². The first-order valence-electron chi connectivity index (χ1n) is 5.71. The maximum Gasteiger partial charge on any atom is 0.250 e. The normalized spacial score (nSPS) is 12.6. The molecule has 0 aromatic heterocycles. The standard InChI is InChI=1S/C13H20BrClOSi/c1-13(2,3)17(4,5)16-12-7-6-10(9-15)8-11(12)14/h6-8H,9H2,1-5H3. The number of alkyl halides is 1. The van der Waals surface area contributed by atoms with Crippen LogP contribution in [0.1, 0.15) is 26.3 Å². The van der Waals surface area contributed by atoms with Crippen LogP contribution in [0.5, 0.6) is 5.75 Å². The van der Waals surface area contributed by atoms with Crippen molar-refractivity contribution in [3.05, 3.63) is 28.2 Å². The molecule has 0 aliphatic heterocycles. The minimum absolute atomic E-state index is 0.206. The SMILES string of the molecule is CC(C)(C)[Si](C)(C)Oc1ccc(CCl)cc1Br. The fraction of sp³-hybridized carbons (Fsp3) is 0.538. The molecule has 0 fully saturated rings. The van der Waals surface area contributed by atoms with Crippen molar-refractivity contribution in [1.82, 2.24) is 0 Å². The molecule has 0 amide bonds. The number of hydrogen-bond donors (Lipinski definition) is 0. The number of rotatable bonds is 3. The van der Waals surface area contributed by atoms with Crippen LogP contribution in [0.15, 0.2) is 22.7 Å². The third kappa shape index (κ3) is 3.73. The first-order valence-corrected chi connectivity index (χ1v) is 9.94. The fourth-order valence-electron chi connectivity index (χ4n) is 1.14. The van der Waals surface area contributed by atoms with Gasteiger partial charge in [-0.25, -0.2) is 0 Å². The molecule has 1 aromatic rings. The average Bonchev–Trinajstić information content (AvgIpc) is 2.19. The zero-order valence-electron chi connectivity index (χ0n) is 11.1. The summed E-state index contributed by atoms with van der Waals surface area (Å²) in [5, 5.41) is 0.206. The molecule has 4 heteroatoms. The van der Waals surface area contributed by atoms with Crippen LogP contribution in [-0.2, 0) is 5.88 Å². The highest BCUT2D eigenvalue weighted by Crippen LogP contribution is 2.39. The Bertz CT molecular complexity index is 399. The molecule has 0 aliphatic carbocycles. The van der Waals surface area contributed by atoms with E-state index in [4.69, 9.17) is 16.0 Å². The Labute approximate surface area is 119 Å². The monoisotopic (exact) mass is 334 g/mol.